The van der Waals surface area contributed by atoms with Gasteiger partial charge in [-0.05, 0) is 45.9 Å². The van der Waals surface area contributed by atoms with E-state index in [0.717, 1.165) is 5.56 Å². The predicted molar refractivity (Wildman–Crippen MR) is 82.7 cm³/mol. The molecule has 0 saturated heterocycles. The Balaban J connectivity index is 3.01. The van der Waals surface area contributed by atoms with Gasteiger partial charge < -0.3 is 26.1 Å². The van der Waals surface area contributed by atoms with Gasteiger partial charge in [-0.3, -0.25) is 0 Å². The van der Waals surface area contributed by atoms with Gasteiger partial charge in [0, 0.05) is 23.2 Å². The van der Waals surface area contributed by atoms with E-state index in [1.54, 1.807) is 39.2 Å². The summed E-state index contributed by atoms with van der Waals surface area (Å²) in [5.74, 6) is 0.740. The number of ether oxygens (including phenoxy) is 1. The van der Waals surface area contributed by atoms with Crippen molar-refractivity contribution >= 4 is 5.84 Å². The second-order valence-electron chi connectivity index (χ2n) is 6.05. The van der Waals surface area contributed by atoms with E-state index < -0.39 is 11.1 Å². The van der Waals surface area contributed by atoms with Crippen molar-refractivity contribution in [2.24, 2.45) is 10.9 Å². The Morgan fingerprint density at radius 3 is 2.43 bits per heavy atom. The fraction of sp³-hybridized carbons (Fsp3) is 0.533. The van der Waals surface area contributed by atoms with Crippen LogP contribution in [0.4, 0.5) is 0 Å². The number of nitrogens with two attached hydrogens (primary N) is 1. The van der Waals surface area contributed by atoms with E-state index in [-0.39, 0.29) is 5.84 Å². The van der Waals surface area contributed by atoms with Crippen LogP contribution in [0.5, 0.6) is 5.75 Å². The van der Waals surface area contributed by atoms with Gasteiger partial charge in [-0.15, -0.1) is 0 Å². The van der Waals surface area contributed by atoms with Gasteiger partial charge >= 0.3 is 0 Å². The maximum atomic E-state index is 10.2. The number of aliphatic hydroxyl groups is 1. The minimum absolute atomic E-state index is 0.0423. The molecule has 118 valence electrons. The number of nitrogens with zero attached hydrogens (tertiary/aromatic N) is 1. The average molecular weight is 295 g/mol. The summed E-state index contributed by atoms with van der Waals surface area (Å²) in [6, 6.07) is 5.28. The van der Waals surface area contributed by atoms with Crippen molar-refractivity contribution in [2.75, 3.05) is 7.11 Å². The topological polar surface area (TPSA) is 100 Å². The number of hydrogen-bond donors (Lipinski definition) is 4. The second-order valence-corrected chi connectivity index (χ2v) is 6.05. The molecule has 6 nitrogen and oxygen atoms in total. The Morgan fingerprint density at radius 1 is 1.33 bits per heavy atom. The molecule has 0 aliphatic heterocycles. The predicted octanol–water partition coefficient (Wildman–Crippen LogP) is 1.43. The molecule has 0 fully saturated rings. The third-order valence-electron chi connectivity index (χ3n) is 3.93. The van der Waals surface area contributed by atoms with E-state index in [4.69, 9.17) is 15.7 Å². The van der Waals surface area contributed by atoms with Crippen LogP contribution in [0.3, 0.4) is 0 Å². The third-order valence-corrected chi connectivity index (χ3v) is 3.93. The summed E-state index contributed by atoms with van der Waals surface area (Å²) in [5, 5.41) is 25.2. The number of rotatable bonds is 6. The molecule has 0 unspecified atom stereocenters. The Hall–Kier alpha value is -1.79. The lowest BCUT2D eigenvalue weighted by Gasteiger charge is -2.38. The molecule has 0 radical (unpaired) electrons. The first-order valence-corrected chi connectivity index (χ1v) is 6.74. The first-order valence-electron chi connectivity index (χ1n) is 6.74. The molecule has 0 atom stereocenters. The average Bonchev–Trinajstić information content (AvgIpc) is 2.42. The van der Waals surface area contributed by atoms with Crippen LogP contribution in [-0.4, -0.2) is 34.4 Å². The van der Waals surface area contributed by atoms with E-state index in [1.807, 2.05) is 13.8 Å². The van der Waals surface area contributed by atoms with Gasteiger partial charge in [-0.2, -0.15) is 0 Å². The van der Waals surface area contributed by atoms with Gasteiger partial charge in [0.05, 0.1) is 12.7 Å². The highest BCUT2D eigenvalue weighted by Gasteiger charge is 2.34. The highest BCUT2D eigenvalue weighted by atomic mass is 16.5. The Morgan fingerprint density at radius 2 is 1.95 bits per heavy atom. The minimum Gasteiger partial charge on any atom is -0.496 e. The van der Waals surface area contributed by atoms with Crippen LogP contribution < -0.4 is 15.8 Å². The van der Waals surface area contributed by atoms with E-state index in [0.29, 0.717) is 17.9 Å². The fourth-order valence-electron chi connectivity index (χ4n) is 1.67. The zero-order valence-corrected chi connectivity index (χ0v) is 13.3. The molecule has 1 aromatic rings. The Labute approximate surface area is 125 Å². The standard InChI is InChI=1S/C15H25N3O3/c1-14(2,15(3,4)19)17-9-11-8-10(13(16)18-20)6-7-12(11)21-5/h6-8,17,19-20H,9H2,1-5H3,(H2,16,18). The lowest BCUT2D eigenvalue weighted by molar-refractivity contribution is -0.00539. The van der Waals surface area contributed by atoms with E-state index in [1.165, 1.54) is 0 Å². The fourth-order valence-corrected chi connectivity index (χ4v) is 1.67. The van der Waals surface area contributed by atoms with Crippen LogP contribution in [0.1, 0.15) is 38.8 Å². The quantitative estimate of drug-likeness (QED) is 0.275. The molecule has 0 aliphatic carbocycles. The normalized spacial score (nSPS) is 13.3. The number of benzene rings is 1. The van der Waals surface area contributed by atoms with Gasteiger partial charge in [-0.25, -0.2) is 0 Å². The number of hydrogen-bond acceptors (Lipinski definition) is 5. The second kappa shape index (κ2) is 6.32. The molecule has 0 bridgehead atoms. The van der Waals surface area contributed by atoms with Gasteiger partial charge in [0.25, 0.3) is 0 Å². The number of nitrogens with one attached hydrogen (secondary N) is 1. The molecule has 21 heavy (non-hydrogen) atoms. The molecule has 1 aromatic carbocycles. The van der Waals surface area contributed by atoms with Gasteiger partial charge in [0.15, 0.2) is 5.84 Å². The van der Waals surface area contributed by atoms with Gasteiger partial charge in [0.1, 0.15) is 5.75 Å². The summed E-state index contributed by atoms with van der Waals surface area (Å²) >= 11 is 0. The van der Waals surface area contributed by atoms with Crippen molar-refractivity contribution in [2.45, 2.75) is 45.4 Å². The maximum Gasteiger partial charge on any atom is 0.170 e. The van der Waals surface area contributed by atoms with Crippen LogP contribution in [0, 0.1) is 0 Å². The molecule has 1 rings (SSSR count). The number of oxime groups is 1. The van der Waals surface area contributed by atoms with Crippen LogP contribution >= 0.6 is 0 Å². The zero-order valence-electron chi connectivity index (χ0n) is 13.3. The summed E-state index contributed by atoms with van der Waals surface area (Å²) in [5.41, 5.74) is 5.69. The smallest absolute Gasteiger partial charge is 0.170 e. The third kappa shape index (κ3) is 4.09. The van der Waals surface area contributed by atoms with Gasteiger partial charge in [-0.1, -0.05) is 5.16 Å². The summed E-state index contributed by atoms with van der Waals surface area (Å²) in [6.07, 6.45) is 0. The highest BCUT2D eigenvalue weighted by Crippen LogP contribution is 2.24. The largest absolute Gasteiger partial charge is 0.496 e. The molecule has 0 aliphatic rings. The molecule has 6 heteroatoms. The van der Waals surface area contributed by atoms with Gasteiger partial charge in [0.2, 0.25) is 0 Å². The Kier molecular flexibility index (Phi) is 5.20. The molecule has 0 heterocycles. The van der Waals surface area contributed by atoms with E-state index in [9.17, 15) is 5.11 Å². The molecule has 0 saturated carbocycles. The van der Waals surface area contributed by atoms with E-state index >= 15 is 0 Å². The first kappa shape index (κ1) is 17.3. The molecular formula is C15H25N3O3. The molecule has 5 N–H and O–H groups in total. The van der Waals surface area contributed by atoms with Crippen molar-refractivity contribution < 1.29 is 15.1 Å². The lowest BCUT2D eigenvalue weighted by atomic mass is 9.86. The molecular weight excluding hydrogens is 270 g/mol. The van der Waals surface area contributed by atoms with Crippen LogP contribution in [0.2, 0.25) is 0 Å². The van der Waals surface area contributed by atoms with E-state index in [2.05, 4.69) is 10.5 Å². The van der Waals surface area contributed by atoms with Crippen LogP contribution in [0.15, 0.2) is 23.4 Å². The summed E-state index contributed by atoms with van der Waals surface area (Å²) in [7, 11) is 1.59. The summed E-state index contributed by atoms with van der Waals surface area (Å²) in [4.78, 5) is 0. The molecule has 0 aromatic heterocycles. The van der Waals surface area contributed by atoms with Crippen molar-refractivity contribution in [1.82, 2.24) is 5.32 Å². The van der Waals surface area contributed by atoms with Crippen LogP contribution in [-0.2, 0) is 6.54 Å². The maximum absolute atomic E-state index is 10.2. The lowest BCUT2D eigenvalue weighted by Crippen LogP contribution is -2.55. The molecule has 0 amide bonds. The molecule has 0 spiro atoms. The zero-order chi connectivity index (χ0) is 16.3. The Bertz CT molecular complexity index is 519. The minimum atomic E-state index is -0.885. The SMILES string of the molecule is COc1ccc(/C(N)=N/O)cc1CNC(C)(C)C(C)(C)O. The highest BCUT2D eigenvalue weighted by molar-refractivity contribution is 5.97. The van der Waals surface area contributed by atoms with Crippen molar-refractivity contribution in [3.05, 3.63) is 29.3 Å². The summed E-state index contributed by atoms with van der Waals surface area (Å²) < 4.78 is 5.32. The first-order chi connectivity index (χ1) is 9.62. The number of amidine groups is 1. The number of methoxy groups -OCH3 is 1. The summed E-state index contributed by atoms with van der Waals surface area (Å²) in [6.45, 7) is 7.83. The van der Waals surface area contributed by atoms with Crippen molar-refractivity contribution in [1.29, 1.82) is 0 Å². The van der Waals surface area contributed by atoms with Crippen molar-refractivity contribution in [3.8, 4) is 5.75 Å². The van der Waals surface area contributed by atoms with Crippen LogP contribution in [0.25, 0.3) is 0 Å². The monoisotopic (exact) mass is 295 g/mol. The van der Waals surface area contributed by atoms with Crippen molar-refractivity contribution in [3.63, 3.8) is 0 Å².